The molecule has 1 fully saturated rings. The summed E-state index contributed by atoms with van der Waals surface area (Å²) in [7, 11) is 0. The summed E-state index contributed by atoms with van der Waals surface area (Å²) in [5.41, 5.74) is 6.60. The van der Waals surface area contributed by atoms with E-state index in [-0.39, 0.29) is 6.61 Å². The van der Waals surface area contributed by atoms with Crippen LogP contribution in [0.15, 0.2) is 30.3 Å². The molecule has 0 amide bonds. The quantitative estimate of drug-likeness (QED) is 0.829. The molecule has 1 aliphatic carbocycles. The molecule has 0 radical (unpaired) electrons. The van der Waals surface area contributed by atoms with Crippen molar-refractivity contribution in [3.8, 4) is 0 Å². The van der Waals surface area contributed by atoms with Gasteiger partial charge < -0.3 is 15.6 Å². The third-order valence-electron chi connectivity index (χ3n) is 4.08. The van der Waals surface area contributed by atoms with Crippen molar-refractivity contribution < 1.29 is 9.84 Å². The molecule has 3 N–H and O–H groups in total. The molecule has 0 spiro atoms. The van der Waals surface area contributed by atoms with Crippen LogP contribution in [-0.4, -0.2) is 24.4 Å². The van der Waals surface area contributed by atoms with Gasteiger partial charge in [-0.3, -0.25) is 0 Å². The molecule has 2 rings (SSSR count). The van der Waals surface area contributed by atoms with Crippen molar-refractivity contribution in [3.05, 3.63) is 35.9 Å². The molecule has 1 unspecified atom stereocenters. The molecule has 106 valence electrons. The summed E-state index contributed by atoms with van der Waals surface area (Å²) in [5, 5.41) is 9.60. The first-order valence-corrected chi connectivity index (χ1v) is 7.31. The second-order valence-electron chi connectivity index (χ2n) is 5.56. The van der Waals surface area contributed by atoms with Crippen molar-refractivity contribution >= 4 is 0 Å². The highest BCUT2D eigenvalue weighted by molar-refractivity contribution is 5.23. The van der Waals surface area contributed by atoms with Crippen LogP contribution in [0.25, 0.3) is 0 Å². The van der Waals surface area contributed by atoms with Crippen molar-refractivity contribution in [2.75, 3.05) is 13.2 Å². The number of aliphatic hydroxyl groups is 1. The van der Waals surface area contributed by atoms with Crippen molar-refractivity contribution in [3.63, 3.8) is 0 Å². The van der Waals surface area contributed by atoms with Crippen LogP contribution < -0.4 is 5.73 Å². The van der Waals surface area contributed by atoms with E-state index in [1.807, 2.05) is 30.3 Å². The number of rotatable bonds is 6. The van der Waals surface area contributed by atoms with Gasteiger partial charge >= 0.3 is 0 Å². The van der Waals surface area contributed by atoms with Gasteiger partial charge in [-0.25, -0.2) is 0 Å². The van der Waals surface area contributed by atoms with E-state index in [1.165, 1.54) is 32.1 Å². The Balaban J connectivity index is 1.85. The van der Waals surface area contributed by atoms with Gasteiger partial charge in [0.2, 0.25) is 0 Å². The van der Waals surface area contributed by atoms with Gasteiger partial charge in [0.25, 0.3) is 0 Å². The Labute approximate surface area is 115 Å². The van der Waals surface area contributed by atoms with Crippen molar-refractivity contribution in [1.82, 2.24) is 0 Å². The molecule has 0 bridgehead atoms. The highest BCUT2D eigenvalue weighted by Crippen LogP contribution is 2.24. The molecule has 0 aliphatic heterocycles. The van der Waals surface area contributed by atoms with Gasteiger partial charge in [0.15, 0.2) is 0 Å². The number of ether oxygens (including phenoxy) is 1. The van der Waals surface area contributed by atoms with Crippen LogP contribution in [-0.2, 0) is 10.3 Å². The van der Waals surface area contributed by atoms with Crippen LogP contribution in [0.4, 0.5) is 0 Å². The van der Waals surface area contributed by atoms with Gasteiger partial charge in [0.05, 0.1) is 18.2 Å². The lowest BCUT2D eigenvalue weighted by Gasteiger charge is -2.29. The van der Waals surface area contributed by atoms with E-state index in [0.29, 0.717) is 19.1 Å². The third kappa shape index (κ3) is 4.03. The normalized spacial score (nSPS) is 20.1. The summed E-state index contributed by atoms with van der Waals surface area (Å²) < 4.78 is 5.91. The van der Waals surface area contributed by atoms with Gasteiger partial charge in [-0.15, -0.1) is 0 Å². The Morgan fingerprint density at radius 1 is 1.16 bits per heavy atom. The molecule has 3 nitrogen and oxygen atoms in total. The maximum Gasteiger partial charge on any atom is 0.0666 e. The fourth-order valence-electron chi connectivity index (χ4n) is 2.72. The van der Waals surface area contributed by atoms with E-state index in [0.717, 1.165) is 5.56 Å². The molecule has 1 aromatic carbocycles. The van der Waals surface area contributed by atoms with E-state index >= 15 is 0 Å². The first-order valence-electron chi connectivity index (χ1n) is 7.31. The van der Waals surface area contributed by atoms with Crippen molar-refractivity contribution in [2.45, 2.75) is 50.2 Å². The van der Waals surface area contributed by atoms with Gasteiger partial charge in [-0.05, 0) is 24.8 Å². The van der Waals surface area contributed by atoms with Crippen LogP contribution in [0.1, 0.15) is 44.1 Å². The van der Waals surface area contributed by atoms with E-state index in [2.05, 4.69) is 0 Å². The SMILES string of the molecule is NC(CO)(CCOC1CCCCC1)c1ccccc1. The largest absolute Gasteiger partial charge is 0.394 e. The standard InChI is InChI=1S/C16H25NO2/c17-16(13-18,14-7-3-1-4-8-14)11-12-19-15-9-5-2-6-10-15/h1,3-4,7-8,15,18H,2,5-6,9-13,17H2. The second-order valence-corrected chi connectivity index (χ2v) is 5.56. The van der Waals surface area contributed by atoms with Crippen LogP contribution >= 0.6 is 0 Å². The zero-order valence-corrected chi connectivity index (χ0v) is 11.6. The minimum Gasteiger partial charge on any atom is -0.394 e. The minimum absolute atomic E-state index is 0.0506. The molecule has 0 heterocycles. The fraction of sp³-hybridized carbons (Fsp3) is 0.625. The molecule has 19 heavy (non-hydrogen) atoms. The minimum atomic E-state index is -0.685. The van der Waals surface area contributed by atoms with Crippen molar-refractivity contribution in [2.24, 2.45) is 5.73 Å². The molecular formula is C16H25NO2. The molecule has 0 saturated heterocycles. The maximum absolute atomic E-state index is 9.60. The second kappa shape index (κ2) is 7.04. The predicted octanol–water partition coefficient (Wildman–Crippen LogP) is 2.57. The van der Waals surface area contributed by atoms with Crippen LogP contribution in [0.2, 0.25) is 0 Å². The summed E-state index contributed by atoms with van der Waals surface area (Å²) in [6.45, 7) is 0.571. The lowest BCUT2D eigenvalue weighted by molar-refractivity contribution is 0.0133. The summed E-state index contributed by atoms with van der Waals surface area (Å²) >= 11 is 0. The highest BCUT2D eigenvalue weighted by atomic mass is 16.5. The zero-order chi connectivity index (χ0) is 13.6. The summed E-state index contributed by atoms with van der Waals surface area (Å²) in [6, 6.07) is 9.80. The third-order valence-corrected chi connectivity index (χ3v) is 4.08. The topological polar surface area (TPSA) is 55.5 Å². The molecule has 3 heteroatoms. The number of nitrogens with two attached hydrogens (primary N) is 1. The lowest BCUT2D eigenvalue weighted by Crippen LogP contribution is -2.42. The smallest absolute Gasteiger partial charge is 0.0666 e. The van der Waals surface area contributed by atoms with E-state index in [9.17, 15) is 5.11 Å². The average molecular weight is 263 g/mol. The van der Waals surface area contributed by atoms with Crippen molar-refractivity contribution in [1.29, 1.82) is 0 Å². The fourth-order valence-corrected chi connectivity index (χ4v) is 2.72. The Kier molecular flexibility index (Phi) is 5.37. The Morgan fingerprint density at radius 3 is 2.47 bits per heavy atom. The monoisotopic (exact) mass is 263 g/mol. The Hall–Kier alpha value is -0.900. The summed E-state index contributed by atoms with van der Waals surface area (Å²) in [6.07, 6.45) is 7.27. The number of benzene rings is 1. The van der Waals surface area contributed by atoms with E-state index in [1.54, 1.807) is 0 Å². The van der Waals surface area contributed by atoms with Crippen LogP contribution in [0, 0.1) is 0 Å². The summed E-state index contributed by atoms with van der Waals surface area (Å²) in [5.74, 6) is 0. The van der Waals surface area contributed by atoms with E-state index < -0.39 is 5.54 Å². The molecule has 0 aromatic heterocycles. The first kappa shape index (κ1) is 14.5. The molecule has 1 aromatic rings. The molecule has 1 saturated carbocycles. The molecule has 1 atom stereocenters. The average Bonchev–Trinajstić information content (AvgIpc) is 2.49. The highest BCUT2D eigenvalue weighted by Gasteiger charge is 2.26. The number of hydrogen-bond donors (Lipinski definition) is 2. The number of aliphatic hydroxyl groups excluding tert-OH is 1. The summed E-state index contributed by atoms with van der Waals surface area (Å²) in [4.78, 5) is 0. The van der Waals surface area contributed by atoms with Crippen LogP contribution in [0.3, 0.4) is 0 Å². The lowest BCUT2D eigenvalue weighted by atomic mass is 9.89. The van der Waals surface area contributed by atoms with E-state index in [4.69, 9.17) is 10.5 Å². The molecule has 1 aliphatic rings. The van der Waals surface area contributed by atoms with Crippen LogP contribution in [0.5, 0.6) is 0 Å². The maximum atomic E-state index is 9.60. The zero-order valence-electron chi connectivity index (χ0n) is 11.6. The van der Waals surface area contributed by atoms with Gasteiger partial charge in [0.1, 0.15) is 0 Å². The molecular weight excluding hydrogens is 238 g/mol. The Morgan fingerprint density at radius 2 is 1.84 bits per heavy atom. The van der Waals surface area contributed by atoms with Gasteiger partial charge in [-0.1, -0.05) is 49.6 Å². The van der Waals surface area contributed by atoms with Gasteiger partial charge in [-0.2, -0.15) is 0 Å². The number of hydrogen-bond acceptors (Lipinski definition) is 3. The first-order chi connectivity index (χ1) is 9.24. The van der Waals surface area contributed by atoms with Gasteiger partial charge in [0, 0.05) is 6.61 Å². The predicted molar refractivity (Wildman–Crippen MR) is 76.8 cm³/mol. The Bertz CT molecular complexity index is 362.